The van der Waals surface area contributed by atoms with E-state index in [0.29, 0.717) is 0 Å². The fraction of sp³-hybridized carbons (Fsp3) is 0.429. The summed E-state index contributed by atoms with van der Waals surface area (Å²) in [5.41, 5.74) is 2.13. The second-order valence-electron chi connectivity index (χ2n) is 5.00. The van der Waals surface area contributed by atoms with Crippen molar-refractivity contribution in [3.63, 3.8) is 0 Å². The predicted octanol–water partition coefficient (Wildman–Crippen LogP) is 1.79. The summed E-state index contributed by atoms with van der Waals surface area (Å²) in [4.78, 5) is 24.9. The number of carbonyl (C=O) groups excluding carboxylic acids is 2. The molecule has 4 heteroatoms. The average molecular weight is 247 g/mol. The van der Waals surface area contributed by atoms with Crippen molar-refractivity contribution >= 4 is 17.6 Å². The number of anilines is 1. The molecule has 0 fully saturated rings. The normalized spacial score (nSPS) is 22.0. The number of amides is 1. The summed E-state index contributed by atoms with van der Waals surface area (Å²) in [6.45, 7) is 5.24. The van der Waals surface area contributed by atoms with Crippen molar-refractivity contribution in [2.75, 3.05) is 18.6 Å². The lowest BCUT2D eigenvalue weighted by Gasteiger charge is -2.22. The molecule has 2 rings (SSSR count). The fourth-order valence-corrected chi connectivity index (χ4v) is 2.36. The molecule has 1 aromatic carbocycles. The summed E-state index contributed by atoms with van der Waals surface area (Å²) in [5.74, 6) is -0.405. The molecule has 0 aromatic heterocycles. The molecule has 96 valence electrons. The largest absolute Gasteiger partial charge is 0.464 e. The molecule has 4 nitrogen and oxygen atoms in total. The number of esters is 1. The van der Waals surface area contributed by atoms with Crippen LogP contribution in [-0.4, -0.2) is 25.5 Å². The highest BCUT2D eigenvalue weighted by molar-refractivity contribution is 6.07. The highest BCUT2D eigenvalue weighted by Gasteiger charge is 2.46. The van der Waals surface area contributed by atoms with Crippen molar-refractivity contribution in [3.8, 4) is 0 Å². The van der Waals surface area contributed by atoms with E-state index in [0.717, 1.165) is 16.8 Å². The lowest BCUT2D eigenvalue weighted by atomic mass is 9.84. The molecule has 1 aliphatic rings. The van der Waals surface area contributed by atoms with E-state index in [-0.39, 0.29) is 18.5 Å². The Balaban J connectivity index is 2.46. The summed E-state index contributed by atoms with van der Waals surface area (Å²) in [6.07, 6.45) is 0. The van der Waals surface area contributed by atoms with Gasteiger partial charge in [0, 0.05) is 19.7 Å². The van der Waals surface area contributed by atoms with Gasteiger partial charge in [-0.05, 0) is 25.5 Å². The number of rotatable bonds is 2. The minimum absolute atomic E-state index is 0.0376. The van der Waals surface area contributed by atoms with Gasteiger partial charge < -0.3 is 9.64 Å². The van der Waals surface area contributed by atoms with E-state index in [1.165, 1.54) is 6.92 Å². The lowest BCUT2D eigenvalue weighted by Crippen LogP contribution is -2.40. The molecular formula is C14H17NO3. The number of hydrogen-bond acceptors (Lipinski definition) is 3. The first-order valence-electron chi connectivity index (χ1n) is 5.89. The minimum atomic E-state index is -0.776. The van der Waals surface area contributed by atoms with Crippen LogP contribution in [0, 0.1) is 6.92 Å². The average Bonchev–Trinajstić information content (AvgIpc) is 2.50. The number of nitrogens with zero attached hydrogens (tertiary/aromatic N) is 1. The maximum absolute atomic E-state index is 12.3. The molecule has 0 saturated carbocycles. The van der Waals surface area contributed by atoms with E-state index in [1.807, 2.05) is 32.0 Å². The fourth-order valence-electron chi connectivity index (χ4n) is 2.36. The highest BCUT2D eigenvalue weighted by Crippen LogP contribution is 2.41. The second-order valence-corrected chi connectivity index (χ2v) is 5.00. The Morgan fingerprint density at radius 1 is 1.44 bits per heavy atom. The molecule has 0 radical (unpaired) electrons. The van der Waals surface area contributed by atoms with E-state index in [4.69, 9.17) is 4.74 Å². The van der Waals surface area contributed by atoms with Crippen LogP contribution in [0.15, 0.2) is 18.2 Å². The Morgan fingerprint density at radius 3 is 2.72 bits per heavy atom. The molecule has 1 heterocycles. The van der Waals surface area contributed by atoms with Gasteiger partial charge in [0.25, 0.3) is 0 Å². The first kappa shape index (κ1) is 12.6. The van der Waals surface area contributed by atoms with Crippen molar-refractivity contribution in [1.82, 2.24) is 0 Å². The third kappa shape index (κ3) is 1.78. The maximum Gasteiger partial charge on any atom is 0.302 e. The van der Waals surface area contributed by atoms with Crippen LogP contribution in [0.5, 0.6) is 0 Å². The molecule has 0 saturated heterocycles. The van der Waals surface area contributed by atoms with Gasteiger partial charge in [0.15, 0.2) is 0 Å². The molecule has 1 aliphatic heterocycles. The topological polar surface area (TPSA) is 46.6 Å². The lowest BCUT2D eigenvalue weighted by molar-refractivity contribution is -0.144. The van der Waals surface area contributed by atoms with Gasteiger partial charge in [-0.1, -0.05) is 17.7 Å². The van der Waals surface area contributed by atoms with E-state index >= 15 is 0 Å². The number of fused-ring (bicyclic) bond motifs is 1. The predicted molar refractivity (Wildman–Crippen MR) is 68.6 cm³/mol. The molecule has 1 aromatic rings. The number of benzene rings is 1. The van der Waals surface area contributed by atoms with Gasteiger partial charge in [-0.15, -0.1) is 0 Å². The summed E-state index contributed by atoms with van der Waals surface area (Å²) >= 11 is 0. The zero-order chi connectivity index (χ0) is 13.5. The number of hydrogen-bond donors (Lipinski definition) is 0. The second kappa shape index (κ2) is 4.12. The third-order valence-corrected chi connectivity index (χ3v) is 3.45. The van der Waals surface area contributed by atoms with Crippen LogP contribution < -0.4 is 4.90 Å². The quantitative estimate of drug-likeness (QED) is 0.748. The third-order valence-electron chi connectivity index (χ3n) is 3.45. The van der Waals surface area contributed by atoms with Gasteiger partial charge >= 0.3 is 5.97 Å². The summed E-state index contributed by atoms with van der Waals surface area (Å²) < 4.78 is 5.06. The van der Waals surface area contributed by atoms with Gasteiger partial charge in [0.2, 0.25) is 5.91 Å². The van der Waals surface area contributed by atoms with Crippen molar-refractivity contribution < 1.29 is 14.3 Å². The van der Waals surface area contributed by atoms with Gasteiger partial charge in [-0.2, -0.15) is 0 Å². The van der Waals surface area contributed by atoms with E-state index in [1.54, 1.807) is 11.9 Å². The zero-order valence-corrected chi connectivity index (χ0v) is 11.1. The molecule has 1 amide bonds. The minimum Gasteiger partial charge on any atom is -0.464 e. The van der Waals surface area contributed by atoms with E-state index in [9.17, 15) is 9.59 Å². The zero-order valence-electron chi connectivity index (χ0n) is 11.1. The number of aryl methyl sites for hydroxylation is 1. The Kier molecular flexibility index (Phi) is 2.89. The van der Waals surface area contributed by atoms with Crippen LogP contribution in [0.4, 0.5) is 5.69 Å². The van der Waals surface area contributed by atoms with Gasteiger partial charge in [-0.25, -0.2) is 0 Å². The Hall–Kier alpha value is -1.84. The summed E-state index contributed by atoms with van der Waals surface area (Å²) in [7, 11) is 1.75. The van der Waals surface area contributed by atoms with Gasteiger partial charge in [-0.3, -0.25) is 9.59 Å². The molecular weight excluding hydrogens is 230 g/mol. The molecule has 0 aliphatic carbocycles. The summed E-state index contributed by atoms with van der Waals surface area (Å²) in [6, 6.07) is 5.89. The van der Waals surface area contributed by atoms with Gasteiger partial charge in [0.05, 0.1) is 0 Å². The van der Waals surface area contributed by atoms with E-state index in [2.05, 4.69) is 0 Å². The molecule has 18 heavy (non-hydrogen) atoms. The Labute approximate surface area is 107 Å². The molecule has 0 N–H and O–H groups in total. The number of likely N-dealkylation sites (N-methyl/N-ethyl adjacent to an activating group) is 1. The van der Waals surface area contributed by atoms with E-state index < -0.39 is 5.41 Å². The monoisotopic (exact) mass is 247 g/mol. The first-order chi connectivity index (χ1) is 8.36. The summed E-state index contributed by atoms with van der Waals surface area (Å²) in [5, 5.41) is 0. The maximum atomic E-state index is 12.3. The smallest absolute Gasteiger partial charge is 0.302 e. The van der Waals surface area contributed by atoms with Crippen molar-refractivity contribution in [1.29, 1.82) is 0 Å². The highest BCUT2D eigenvalue weighted by atomic mass is 16.5. The SMILES string of the molecule is CC(=O)OC[C@]1(C)C(=O)N(C)c2ccc(C)cc21. The molecule has 1 atom stereocenters. The van der Waals surface area contributed by atoms with Crippen LogP contribution in [0.1, 0.15) is 25.0 Å². The molecule has 0 spiro atoms. The van der Waals surface area contributed by atoms with Crippen molar-refractivity contribution in [2.24, 2.45) is 0 Å². The Morgan fingerprint density at radius 2 is 2.11 bits per heavy atom. The van der Waals surface area contributed by atoms with Crippen molar-refractivity contribution in [2.45, 2.75) is 26.2 Å². The standard InChI is InChI=1S/C14H17NO3/c1-9-5-6-12-11(7-9)14(3,8-18-10(2)16)13(17)15(12)4/h5-7H,8H2,1-4H3/t14-/m0/s1. The van der Waals surface area contributed by atoms with Crippen LogP contribution in [0.2, 0.25) is 0 Å². The van der Waals surface area contributed by atoms with Crippen LogP contribution in [-0.2, 0) is 19.7 Å². The van der Waals surface area contributed by atoms with Gasteiger partial charge in [0.1, 0.15) is 12.0 Å². The van der Waals surface area contributed by atoms with Crippen LogP contribution in [0.3, 0.4) is 0 Å². The van der Waals surface area contributed by atoms with Crippen molar-refractivity contribution in [3.05, 3.63) is 29.3 Å². The van der Waals surface area contributed by atoms with Crippen LogP contribution in [0.25, 0.3) is 0 Å². The molecule has 0 unspecified atom stereocenters. The number of ether oxygens (including phenoxy) is 1. The Bertz CT molecular complexity index is 524. The first-order valence-corrected chi connectivity index (χ1v) is 5.89. The van der Waals surface area contributed by atoms with Crippen LogP contribution >= 0.6 is 0 Å². The molecule has 0 bridgehead atoms. The number of carbonyl (C=O) groups is 2.